The third-order valence-corrected chi connectivity index (χ3v) is 5.06. The summed E-state index contributed by atoms with van der Waals surface area (Å²) < 4.78 is 10.4. The molecule has 2 fully saturated rings. The molecule has 8 heteroatoms. The Morgan fingerprint density at radius 3 is 2.58 bits per heavy atom. The molecule has 142 valence electrons. The minimum Gasteiger partial charge on any atom is -0.497 e. The van der Waals surface area contributed by atoms with Crippen molar-refractivity contribution in [2.45, 2.75) is 18.6 Å². The van der Waals surface area contributed by atoms with Crippen LogP contribution in [0.15, 0.2) is 24.3 Å². The summed E-state index contributed by atoms with van der Waals surface area (Å²) in [6.07, 6.45) is -0.768. The summed E-state index contributed by atoms with van der Waals surface area (Å²) in [6, 6.07) is 6.53. The third-order valence-electron chi connectivity index (χ3n) is 5.06. The van der Waals surface area contributed by atoms with Gasteiger partial charge in [-0.05, 0) is 24.6 Å². The maximum absolute atomic E-state index is 12.9. The van der Waals surface area contributed by atoms with Crippen molar-refractivity contribution in [2.75, 3.05) is 46.5 Å². The Labute approximate surface area is 152 Å². The second-order valence-corrected chi connectivity index (χ2v) is 6.92. The van der Waals surface area contributed by atoms with E-state index in [-0.39, 0.29) is 12.5 Å². The molecule has 2 aliphatic rings. The number of carbonyl (C=O) groups excluding carboxylic acids is 2. The van der Waals surface area contributed by atoms with Gasteiger partial charge in [0.15, 0.2) is 0 Å². The van der Waals surface area contributed by atoms with E-state index in [2.05, 4.69) is 5.32 Å². The predicted molar refractivity (Wildman–Crippen MR) is 93.0 cm³/mol. The van der Waals surface area contributed by atoms with Crippen LogP contribution in [0.5, 0.6) is 5.75 Å². The molecule has 2 aliphatic heterocycles. The van der Waals surface area contributed by atoms with Gasteiger partial charge in [-0.15, -0.1) is 0 Å². The second kappa shape index (κ2) is 7.61. The Morgan fingerprint density at radius 2 is 1.96 bits per heavy atom. The fourth-order valence-electron chi connectivity index (χ4n) is 3.46. The monoisotopic (exact) mass is 364 g/mol. The topological polar surface area (TPSA) is 92.5 Å². The van der Waals surface area contributed by atoms with E-state index in [1.807, 2.05) is 0 Å². The Morgan fingerprint density at radius 1 is 1.31 bits per heavy atom. The number of morpholine rings is 1. The number of methoxy groups -OCH3 is 1. The largest absolute Gasteiger partial charge is 0.497 e. The quantitative estimate of drug-likeness (QED) is 0.548. The standard InChI is InChI=1S/C18H25N3O5/c1-18(13-3-5-15(25-2)6-4-13)16(23)21(17(24)19-18)12-14(22)11-20-7-9-26-10-8-20/h3-6,14,22H,7-12H2,1-2H3,(H,19,24)/p+1/t14-,18+/m0/s1. The van der Waals surface area contributed by atoms with Gasteiger partial charge in [-0.1, -0.05) is 12.1 Å². The van der Waals surface area contributed by atoms with E-state index < -0.39 is 17.7 Å². The molecule has 0 unspecified atom stereocenters. The number of nitrogens with zero attached hydrogens (tertiary/aromatic N) is 1. The number of hydrogen-bond donors (Lipinski definition) is 3. The summed E-state index contributed by atoms with van der Waals surface area (Å²) in [6.45, 7) is 5.12. The number of urea groups is 1. The van der Waals surface area contributed by atoms with Crippen LogP contribution in [0, 0.1) is 0 Å². The molecular weight excluding hydrogens is 338 g/mol. The predicted octanol–water partition coefficient (Wildman–Crippen LogP) is -1.26. The number of rotatable bonds is 6. The molecule has 0 spiro atoms. The van der Waals surface area contributed by atoms with Gasteiger partial charge in [0.05, 0.1) is 26.9 Å². The number of aliphatic hydroxyl groups is 1. The molecule has 0 bridgehead atoms. The molecule has 1 aromatic carbocycles. The normalized spacial score (nSPS) is 25.3. The molecule has 2 atom stereocenters. The lowest BCUT2D eigenvalue weighted by molar-refractivity contribution is -0.910. The third kappa shape index (κ3) is 3.67. The first-order valence-corrected chi connectivity index (χ1v) is 8.82. The maximum Gasteiger partial charge on any atom is 0.325 e. The van der Waals surface area contributed by atoms with Crippen LogP contribution in [0.4, 0.5) is 4.79 Å². The fourth-order valence-corrected chi connectivity index (χ4v) is 3.46. The van der Waals surface area contributed by atoms with E-state index in [0.717, 1.165) is 18.0 Å². The van der Waals surface area contributed by atoms with Crippen LogP contribution in [-0.2, 0) is 15.1 Å². The number of aliphatic hydroxyl groups excluding tert-OH is 1. The summed E-state index contributed by atoms with van der Waals surface area (Å²) in [5.41, 5.74) is -0.470. The number of ether oxygens (including phenoxy) is 2. The van der Waals surface area contributed by atoms with Gasteiger partial charge in [-0.2, -0.15) is 0 Å². The Kier molecular flexibility index (Phi) is 5.45. The molecule has 0 radical (unpaired) electrons. The molecule has 2 saturated heterocycles. The lowest BCUT2D eigenvalue weighted by Gasteiger charge is -2.27. The first-order chi connectivity index (χ1) is 12.4. The Bertz CT molecular complexity index is 659. The van der Waals surface area contributed by atoms with E-state index in [1.54, 1.807) is 38.3 Å². The zero-order valence-electron chi connectivity index (χ0n) is 15.2. The van der Waals surface area contributed by atoms with Crippen molar-refractivity contribution in [3.05, 3.63) is 29.8 Å². The van der Waals surface area contributed by atoms with Crippen LogP contribution in [0.1, 0.15) is 12.5 Å². The summed E-state index contributed by atoms with van der Waals surface area (Å²) in [5, 5.41) is 13.1. The highest BCUT2D eigenvalue weighted by atomic mass is 16.5. The number of quaternary nitrogens is 1. The smallest absolute Gasteiger partial charge is 0.325 e. The molecule has 0 saturated carbocycles. The maximum atomic E-state index is 12.9. The summed E-state index contributed by atoms with van der Waals surface area (Å²) in [5.74, 6) is 0.318. The molecule has 2 heterocycles. The summed E-state index contributed by atoms with van der Waals surface area (Å²) in [7, 11) is 1.57. The molecule has 1 aromatic rings. The van der Waals surface area contributed by atoms with Gasteiger partial charge in [0, 0.05) is 0 Å². The van der Waals surface area contributed by atoms with Gasteiger partial charge >= 0.3 is 6.03 Å². The number of hydrogen-bond acceptors (Lipinski definition) is 5. The van der Waals surface area contributed by atoms with Crippen LogP contribution in [0.3, 0.4) is 0 Å². The van der Waals surface area contributed by atoms with Gasteiger partial charge in [0.1, 0.15) is 37.0 Å². The molecule has 0 aromatic heterocycles. The zero-order valence-corrected chi connectivity index (χ0v) is 15.2. The van der Waals surface area contributed by atoms with Crippen molar-refractivity contribution in [2.24, 2.45) is 0 Å². The summed E-state index contributed by atoms with van der Waals surface area (Å²) >= 11 is 0. The van der Waals surface area contributed by atoms with Crippen molar-refractivity contribution >= 4 is 11.9 Å². The molecular formula is C18H26N3O5+. The molecule has 8 nitrogen and oxygen atoms in total. The van der Waals surface area contributed by atoms with Gasteiger partial charge < -0.3 is 24.8 Å². The van der Waals surface area contributed by atoms with E-state index in [4.69, 9.17) is 9.47 Å². The van der Waals surface area contributed by atoms with Crippen molar-refractivity contribution in [3.63, 3.8) is 0 Å². The van der Waals surface area contributed by atoms with E-state index in [9.17, 15) is 14.7 Å². The number of carbonyl (C=O) groups is 2. The number of imide groups is 1. The van der Waals surface area contributed by atoms with Crippen LogP contribution in [-0.4, -0.2) is 74.6 Å². The van der Waals surface area contributed by atoms with Crippen LogP contribution in [0.2, 0.25) is 0 Å². The molecule has 3 rings (SSSR count). The van der Waals surface area contributed by atoms with Crippen LogP contribution in [0.25, 0.3) is 0 Å². The van der Waals surface area contributed by atoms with Gasteiger partial charge in [-0.3, -0.25) is 9.69 Å². The SMILES string of the molecule is COc1ccc([C@@]2(C)NC(=O)N(C[C@@H](O)C[NH+]3CCOCC3)C2=O)cc1. The van der Waals surface area contributed by atoms with Crippen molar-refractivity contribution < 1.29 is 29.1 Å². The Hall–Kier alpha value is -2.16. The number of benzene rings is 1. The zero-order chi connectivity index (χ0) is 18.7. The van der Waals surface area contributed by atoms with Gasteiger partial charge in [0.2, 0.25) is 0 Å². The number of β-amino-alcohol motifs (C(OH)–C–C–N with tert-alkyl or cyclic N) is 1. The van der Waals surface area contributed by atoms with Crippen LogP contribution < -0.4 is 15.0 Å². The average Bonchev–Trinajstić information content (AvgIpc) is 2.86. The highest BCUT2D eigenvalue weighted by Crippen LogP contribution is 2.30. The van der Waals surface area contributed by atoms with Crippen LogP contribution >= 0.6 is 0 Å². The van der Waals surface area contributed by atoms with E-state index in [1.165, 1.54) is 4.90 Å². The molecule has 3 N–H and O–H groups in total. The van der Waals surface area contributed by atoms with Gasteiger partial charge in [0.25, 0.3) is 5.91 Å². The lowest BCUT2D eigenvalue weighted by Crippen LogP contribution is -3.15. The highest BCUT2D eigenvalue weighted by Gasteiger charge is 2.49. The molecule has 26 heavy (non-hydrogen) atoms. The summed E-state index contributed by atoms with van der Waals surface area (Å²) in [4.78, 5) is 27.6. The number of amides is 3. The Balaban J connectivity index is 1.67. The second-order valence-electron chi connectivity index (χ2n) is 6.92. The average molecular weight is 364 g/mol. The fraction of sp³-hybridized carbons (Fsp3) is 0.556. The van der Waals surface area contributed by atoms with Crippen molar-refractivity contribution in [1.82, 2.24) is 10.2 Å². The lowest BCUT2D eigenvalue weighted by atomic mass is 9.92. The first-order valence-electron chi connectivity index (χ1n) is 8.82. The first kappa shape index (κ1) is 18.6. The van der Waals surface area contributed by atoms with E-state index in [0.29, 0.717) is 31.1 Å². The number of nitrogens with one attached hydrogen (secondary N) is 2. The molecule has 3 amide bonds. The van der Waals surface area contributed by atoms with Crippen molar-refractivity contribution in [3.8, 4) is 5.75 Å². The minimum absolute atomic E-state index is 0.0131. The molecule has 0 aliphatic carbocycles. The van der Waals surface area contributed by atoms with E-state index >= 15 is 0 Å². The minimum atomic E-state index is -1.14. The van der Waals surface area contributed by atoms with Crippen molar-refractivity contribution in [1.29, 1.82) is 0 Å². The van der Waals surface area contributed by atoms with Gasteiger partial charge in [-0.25, -0.2) is 4.79 Å². The highest BCUT2D eigenvalue weighted by molar-refractivity contribution is 6.07.